The number of nitrogens with one attached hydrogen (secondary N) is 1. The van der Waals surface area contributed by atoms with Crippen molar-refractivity contribution in [3.8, 4) is 0 Å². The molecule has 0 saturated heterocycles. The Labute approximate surface area is 73.0 Å². The van der Waals surface area contributed by atoms with Gasteiger partial charge in [-0.15, -0.1) is 0 Å². The first kappa shape index (κ1) is 8.78. The molecule has 0 amide bonds. The van der Waals surface area contributed by atoms with Crippen LogP contribution >= 0.6 is 0 Å². The van der Waals surface area contributed by atoms with E-state index in [1.807, 2.05) is 6.92 Å². The predicted molar refractivity (Wildman–Crippen MR) is 52.7 cm³/mol. The summed E-state index contributed by atoms with van der Waals surface area (Å²) in [7, 11) is 0. The number of aryl methyl sites for hydroxylation is 1. The molecule has 1 heterocycles. The largest absolute Gasteiger partial charge is 0.282 e. The van der Waals surface area contributed by atoms with Crippen LogP contribution in [0.25, 0.3) is 12.2 Å². The normalized spacial score (nSPS) is 10.8. The summed E-state index contributed by atoms with van der Waals surface area (Å²) in [6.07, 6.45) is 7.00. The predicted octanol–water partition coefficient (Wildman–Crippen LogP) is 2.78. The van der Waals surface area contributed by atoms with Crippen molar-refractivity contribution in [2.24, 2.45) is 0 Å². The fraction of sp³-hybridized carbons (Fsp3) is 0.300. The Bertz CT molecular complexity index is 295. The highest BCUT2D eigenvalue weighted by Gasteiger charge is 2.01. The van der Waals surface area contributed by atoms with Crippen molar-refractivity contribution >= 4 is 12.2 Å². The summed E-state index contributed by atoms with van der Waals surface area (Å²) in [5.41, 5.74) is 3.17. The van der Waals surface area contributed by atoms with Crippen LogP contribution in [-0.2, 0) is 0 Å². The Morgan fingerprint density at radius 2 is 2.33 bits per heavy atom. The zero-order valence-corrected chi connectivity index (χ0v) is 7.59. The van der Waals surface area contributed by atoms with Crippen LogP contribution in [0.15, 0.2) is 12.7 Å². The topological polar surface area (TPSA) is 28.7 Å². The molecule has 0 aliphatic carbocycles. The van der Waals surface area contributed by atoms with Crippen LogP contribution < -0.4 is 0 Å². The lowest BCUT2D eigenvalue weighted by Crippen LogP contribution is -1.76. The molecule has 0 fully saturated rings. The molecule has 2 nitrogen and oxygen atoms in total. The highest BCUT2D eigenvalue weighted by Crippen LogP contribution is 2.13. The first-order valence-corrected chi connectivity index (χ1v) is 4.13. The summed E-state index contributed by atoms with van der Waals surface area (Å²) in [6.45, 7) is 7.82. The van der Waals surface area contributed by atoms with Gasteiger partial charge in [0.25, 0.3) is 0 Å². The summed E-state index contributed by atoms with van der Waals surface area (Å²) in [5.74, 6) is 0. The minimum absolute atomic E-state index is 0.928. The molecule has 1 rings (SSSR count). The number of nitrogens with zero attached hydrogens (tertiary/aromatic N) is 1. The second-order valence-corrected chi connectivity index (χ2v) is 2.66. The molecule has 0 aromatic carbocycles. The second-order valence-electron chi connectivity index (χ2n) is 2.66. The Morgan fingerprint density at radius 1 is 1.58 bits per heavy atom. The third-order valence-electron chi connectivity index (χ3n) is 1.74. The molecular formula is C10H14N2. The molecule has 0 bridgehead atoms. The lowest BCUT2D eigenvalue weighted by atomic mass is 10.1. The standard InChI is InChI=1S/C10H14N2/c1-4-6-7-9-8(3)11-12-10(9)5-2/h5-7H,2,4H2,1,3H3,(H,11,12)/b7-6-. The van der Waals surface area contributed by atoms with Gasteiger partial charge in [-0.05, 0) is 19.4 Å². The molecule has 64 valence electrons. The molecule has 0 aliphatic heterocycles. The van der Waals surface area contributed by atoms with E-state index in [2.05, 4.69) is 35.9 Å². The van der Waals surface area contributed by atoms with Gasteiger partial charge in [-0.25, -0.2) is 0 Å². The fourth-order valence-electron chi connectivity index (χ4n) is 1.06. The zero-order valence-electron chi connectivity index (χ0n) is 7.59. The summed E-state index contributed by atoms with van der Waals surface area (Å²) in [5, 5.41) is 7.02. The summed E-state index contributed by atoms with van der Waals surface area (Å²) in [6, 6.07) is 0. The van der Waals surface area contributed by atoms with Crippen LogP contribution in [0.1, 0.15) is 30.3 Å². The number of aromatic nitrogens is 2. The van der Waals surface area contributed by atoms with Crippen LogP contribution in [0, 0.1) is 6.92 Å². The van der Waals surface area contributed by atoms with E-state index in [4.69, 9.17) is 0 Å². The molecule has 0 saturated carbocycles. The van der Waals surface area contributed by atoms with Gasteiger partial charge < -0.3 is 0 Å². The van der Waals surface area contributed by atoms with Gasteiger partial charge in [-0.2, -0.15) is 5.10 Å². The van der Waals surface area contributed by atoms with Crippen LogP contribution in [0.5, 0.6) is 0 Å². The number of allylic oxidation sites excluding steroid dienone is 1. The summed E-state index contributed by atoms with van der Waals surface area (Å²) < 4.78 is 0. The first-order chi connectivity index (χ1) is 5.79. The van der Waals surface area contributed by atoms with Crippen molar-refractivity contribution in [3.63, 3.8) is 0 Å². The van der Waals surface area contributed by atoms with Gasteiger partial charge >= 0.3 is 0 Å². The highest BCUT2D eigenvalue weighted by atomic mass is 15.1. The minimum atomic E-state index is 0.928. The minimum Gasteiger partial charge on any atom is -0.282 e. The van der Waals surface area contributed by atoms with Gasteiger partial charge in [0, 0.05) is 11.3 Å². The van der Waals surface area contributed by atoms with Gasteiger partial charge in [0.1, 0.15) is 0 Å². The fourth-order valence-corrected chi connectivity index (χ4v) is 1.06. The lowest BCUT2D eigenvalue weighted by molar-refractivity contribution is 1.04. The molecular weight excluding hydrogens is 148 g/mol. The van der Waals surface area contributed by atoms with Gasteiger partial charge in [0.05, 0.1) is 5.69 Å². The lowest BCUT2D eigenvalue weighted by Gasteiger charge is -1.90. The average Bonchev–Trinajstić information content (AvgIpc) is 2.43. The second kappa shape index (κ2) is 3.90. The first-order valence-electron chi connectivity index (χ1n) is 4.13. The van der Waals surface area contributed by atoms with Crippen molar-refractivity contribution in [1.82, 2.24) is 10.2 Å². The summed E-state index contributed by atoms with van der Waals surface area (Å²) in [4.78, 5) is 0. The average molecular weight is 162 g/mol. The number of rotatable bonds is 3. The van der Waals surface area contributed by atoms with E-state index >= 15 is 0 Å². The molecule has 12 heavy (non-hydrogen) atoms. The molecule has 0 spiro atoms. The Balaban J connectivity index is 3.01. The van der Waals surface area contributed by atoms with E-state index in [0.717, 1.165) is 23.4 Å². The van der Waals surface area contributed by atoms with Crippen LogP contribution in [0.4, 0.5) is 0 Å². The van der Waals surface area contributed by atoms with E-state index < -0.39 is 0 Å². The van der Waals surface area contributed by atoms with Gasteiger partial charge in [-0.3, -0.25) is 5.10 Å². The quantitative estimate of drug-likeness (QED) is 0.727. The molecule has 1 N–H and O–H groups in total. The van der Waals surface area contributed by atoms with Gasteiger partial charge in [-0.1, -0.05) is 25.7 Å². The molecule has 0 unspecified atom stereocenters. The smallest absolute Gasteiger partial charge is 0.0917 e. The van der Waals surface area contributed by atoms with E-state index in [0.29, 0.717) is 0 Å². The molecule has 2 heteroatoms. The van der Waals surface area contributed by atoms with Crippen molar-refractivity contribution in [1.29, 1.82) is 0 Å². The van der Waals surface area contributed by atoms with Gasteiger partial charge in [0.2, 0.25) is 0 Å². The SMILES string of the molecule is C=Cc1n[nH]c(C)c1/C=C\CC. The third kappa shape index (κ3) is 1.64. The monoisotopic (exact) mass is 162 g/mol. The van der Waals surface area contributed by atoms with E-state index in [1.165, 1.54) is 0 Å². The number of aromatic amines is 1. The number of hydrogen-bond acceptors (Lipinski definition) is 1. The number of hydrogen-bond donors (Lipinski definition) is 1. The van der Waals surface area contributed by atoms with Crippen molar-refractivity contribution < 1.29 is 0 Å². The van der Waals surface area contributed by atoms with Crippen LogP contribution in [-0.4, -0.2) is 10.2 Å². The molecule has 1 aromatic rings. The van der Waals surface area contributed by atoms with Crippen molar-refractivity contribution in [2.75, 3.05) is 0 Å². The maximum Gasteiger partial charge on any atom is 0.0917 e. The highest BCUT2D eigenvalue weighted by molar-refractivity contribution is 5.63. The Hall–Kier alpha value is -1.31. The third-order valence-corrected chi connectivity index (χ3v) is 1.74. The van der Waals surface area contributed by atoms with E-state index in [1.54, 1.807) is 6.08 Å². The Kier molecular flexibility index (Phi) is 2.86. The molecule has 0 atom stereocenters. The van der Waals surface area contributed by atoms with Crippen molar-refractivity contribution in [2.45, 2.75) is 20.3 Å². The zero-order chi connectivity index (χ0) is 8.97. The molecule has 0 radical (unpaired) electrons. The van der Waals surface area contributed by atoms with E-state index in [9.17, 15) is 0 Å². The molecule has 0 aliphatic rings. The summed E-state index contributed by atoms with van der Waals surface area (Å²) >= 11 is 0. The van der Waals surface area contributed by atoms with Gasteiger partial charge in [0.15, 0.2) is 0 Å². The molecule has 1 aromatic heterocycles. The van der Waals surface area contributed by atoms with Crippen LogP contribution in [0.3, 0.4) is 0 Å². The maximum absolute atomic E-state index is 4.09. The van der Waals surface area contributed by atoms with E-state index in [-0.39, 0.29) is 0 Å². The Morgan fingerprint density at radius 3 is 2.92 bits per heavy atom. The maximum atomic E-state index is 4.09. The van der Waals surface area contributed by atoms with Crippen LogP contribution in [0.2, 0.25) is 0 Å². The van der Waals surface area contributed by atoms with Crippen molar-refractivity contribution in [3.05, 3.63) is 29.6 Å². The number of H-pyrrole nitrogens is 1.